The van der Waals surface area contributed by atoms with Crippen molar-refractivity contribution in [1.29, 1.82) is 0 Å². The van der Waals surface area contributed by atoms with E-state index in [0.29, 0.717) is 6.04 Å². The molecular weight excluding hydrogens is 278 g/mol. The van der Waals surface area contributed by atoms with Crippen molar-refractivity contribution in [3.05, 3.63) is 52.3 Å². The van der Waals surface area contributed by atoms with Crippen LogP contribution in [0.5, 0.6) is 0 Å². The minimum Gasteiger partial charge on any atom is -0.306 e. The summed E-state index contributed by atoms with van der Waals surface area (Å²) in [6, 6.07) is 8.69. The Morgan fingerprint density at radius 1 is 1.47 bits per heavy atom. The Hall–Kier alpha value is -1.13. The highest BCUT2D eigenvalue weighted by molar-refractivity contribution is 9.10. The number of rotatable bonds is 4. The van der Waals surface area contributed by atoms with E-state index in [4.69, 9.17) is 0 Å². The van der Waals surface area contributed by atoms with Crippen LogP contribution in [0.2, 0.25) is 0 Å². The van der Waals surface area contributed by atoms with E-state index in [1.54, 1.807) is 0 Å². The second kappa shape index (κ2) is 5.47. The van der Waals surface area contributed by atoms with Gasteiger partial charge in [-0.25, -0.2) is 0 Å². The predicted octanol–water partition coefficient (Wildman–Crippen LogP) is 3.03. The van der Waals surface area contributed by atoms with Crippen molar-refractivity contribution in [1.82, 2.24) is 15.1 Å². The fourth-order valence-electron chi connectivity index (χ4n) is 1.73. The van der Waals surface area contributed by atoms with Crippen LogP contribution in [0, 0.1) is 0 Å². The van der Waals surface area contributed by atoms with E-state index in [1.807, 2.05) is 30.2 Å². The molecule has 0 aliphatic carbocycles. The molecule has 0 aliphatic rings. The predicted molar refractivity (Wildman–Crippen MR) is 72.6 cm³/mol. The van der Waals surface area contributed by atoms with E-state index in [-0.39, 0.29) is 0 Å². The van der Waals surface area contributed by atoms with Gasteiger partial charge in [0.1, 0.15) is 0 Å². The average Bonchev–Trinajstić information content (AvgIpc) is 2.72. The summed E-state index contributed by atoms with van der Waals surface area (Å²) < 4.78 is 2.94. The number of nitrogens with one attached hydrogen (secondary N) is 1. The van der Waals surface area contributed by atoms with Crippen LogP contribution in [0.3, 0.4) is 0 Å². The van der Waals surface area contributed by atoms with Crippen LogP contribution in [0.4, 0.5) is 0 Å². The number of aryl methyl sites for hydroxylation is 1. The van der Waals surface area contributed by atoms with Crippen molar-refractivity contribution in [3.63, 3.8) is 0 Å². The van der Waals surface area contributed by atoms with Crippen molar-refractivity contribution in [3.8, 4) is 0 Å². The van der Waals surface area contributed by atoms with Crippen molar-refractivity contribution in [2.45, 2.75) is 19.5 Å². The van der Waals surface area contributed by atoms with Crippen LogP contribution in [-0.4, -0.2) is 9.78 Å². The van der Waals surface area contributed by atoms with Crippen LogP contribution < -0.4 is 5.32 Å². The van der Waals surface area contributed by atoms with Gasteiger partial charge < -0.3 is 5.32 Å². The summed E-state index contributed by atoms with van der Waals surface area (Å²) in [4.78, 5) is 0. The molecule has 1 aromatic heterocycles. The largest absolute Gasteiger partial charge is 0.306 e. The van der Waals surface area contributed by atoms with Gasteiger partial charge in [0.25, 0.3) is 0 Å². The monoisotopic (exact) mass is 293 g/mol. The highest BCUT2D eigenvalue weighted by Gasteiger charge is 2.05. The summed E-state index contributed by atoms with van der Waals surface area (Å²) in [5, 5.41) is 7.63. The lowest BCUT2D eigenvalue weighted by Gasteiger charge is -2.13. The molecule has 0 unspecified atom stereocenters. The van der Waals surface area contributed by atoms with E-state index >= 15 is 0 Å². The molecule has 1 atom stereocenters. The molecule has 0 saturated heterocycles. The third kappa shape index (κ3) is 3.41. The molecular formula is C13H16BrN3. The molecule has 90 valence electrons. The molecule has 0 spiro atoms. The molecule has 2 aromatic rings. The zero-order valence-electron chi connectivity index (χ0n) is 10.0. The fraction of sp³-hybridized carbons (Fsp3) is 0.308. The van der Waals surface area contributed by atoms with Crippen LogP contribution in [0.15, 0.2) is 41.1 Å². The maximum Gasteiger partial charge on any atom is 0.0534 e. The Morgan fingerprint density at radius 3 is 2.94 bits per heavy atom. The maximum absolute atomic E-state index is 4.15. The van der Waals surface area contributed by atoms with Crippen molar-refractivity contribution in [2.24, 2.45) is 7.05 Å². The van der Waals surface area contributed by atoms with Crippen LogP contribution in [0.1, 0.15) is 24.1 Å². The number of nitrogens with zero attached hydrogens (tertiary/aromatic N) is 2. The Morgan fingerprint density at radius 2 is 2.29 bits per heavy atom. The molecule has 2 rings (SSSR count). The van der Waals surface area contributed by atoms with Crippen molar-refractivity contribution in [2.75, 3.05) is 0 Å². The molecule has 0 radical (unpaired) electrons. The van der Waals surface area contributed by atoms with Gasteiger partial charge in [-0.15, -0.1) is 0 Å². The average molecular weight is 294 g/mol. The molecule has 0 saturated carbocycles. The lowest BCUT2D eigenvalue weighted by Crippen LogP contribution is -2.17. The van der Waals surface area contributed by atoms with E-state index in [0.717, 1.165) is 11.0 Å². The molecule has 0 fully saturated rings. The van der Waals surface area contributed by atoms with Gasteiger partial charge in [-0.05, 0) is 24.6 Å². The van der Waals surface area contributed by atoms with Crippen LogP contribution in [0.25, 0.3) is 0 Å². The Labute approximate surface area is 110 Å². The van der Waals surface area contributed by atoms with E-state index in [1.165, 1.54) is 11.1 Å². The molecule has 4 heteroatoms. The first-order chi connectivity index (χ1) is 8.15. The normalized spacial score (nSPS) is 12.6. The van der Waals surface area contributed by atoms with Gasteiger partial charge in [0, 0.05) is 35.9 Å². The Kier molecular flexibility index (Phi) is 3.97. The summed E-state index contributed by atoms with van der Waals surface area (Å²) in [5.74, 6) is 0. The first-order valence-corrected chi connectivity index (χ1v) is 6.41. The zero-order chi connectivity index (χ0) is 12.3. The molecule has 0 aliphatic heterocycles. The van der Waals surface area contributed by atoms with Gasteiger partial charge in [-0.2, -0.15) is 5.10 Å². The topological polar surface area (TPSA) is 29.9 Å². The highest BCUT2D eigenvalue weighted by Crippen LogP contribution is 2.18. The van der Waals surface area contributed by atoms with Crippen LogP contribution >= 0.6 is 15.9 Å². The fourth-order valence-corrected chi connectivity index (χ4v) is 2.14. The number of aromatic nitrogens is 2. The molecule has 1 aromatic carbocycles. The van der Waals surface area contributed by atoms with E-state index in [9.17, 15) is 0 Å². The summed E-state index contributed by atoms with van der Waals surface area (Å²) in [6.07, 6.45) is 3.92. The smallest absolute Gasteiger partial charge is 0.0534 e. The maximum atomic E-state index is 4.15. The first kappa shape index (κ1) is 12.3. The van der Waals surface area contributed by atoms with Gasteiger partial charge in [0.2, 0.25) is 0 Å². The van der Waals surface area contributed by atoms with E-state index in [2.05, 4.69) is 51.5 Å². The minimum atomic E-state index is 0.327. The Bertz CT molecular complexity index is 493. The Balaban J connectivity index is 1.95. The number of benzene rings is 1. The molecule has 1 heterocycles. The van der Waals surface area contributed by atoms with Crippen molar-refractivity contribution >= 4 is 15.9 Å². The van der Waals surface area contributed by atoms with Gasteiger partial charge in [0.15, 0.2) is 0 Å². The van der Waals surface area contributed by atoms with Gasteiger partial charge in [-0.1, -0.05) is 28.1 Å². The second-order valence-electron chi connectivity index (χ2n) is 4.18. The van der Waals surface area contributed by atoms with E-state index < -0.39 is 0 Å². The third-order valence-corrected chi connectivity index (χ3v) is 3.21. The van der Waals surface area contributed by atoms with Gasteiger partial charge >= 0.3 is 0 Å². The third-order valence-electron chi connectivity index (χ3n) is 2.72. The standard InChI is InChI=1S/C13H16BrN3/c1-10(12-4-3-5-13(14)6-12)15-7-11-8-16-17(2)9-11/h3-6,8-10,15H,7H2,1-2H3/t10-/m1/s1. The number of hydrogen-bond donors (Lipinski definition) is 1. The molecule has 17 heavy (non-hydrogen) atoms. The summed E-state index contributed by atoms with van der Waals surface area (Å²) in [7, 11) is 1.93. The SMILES string of the molecule is C[C@@H](NCc1cnn(C)c1)c1cccc(Br)c1. The van der Waals surface area contributed by atoms with Gasteiger partial charge in [0.05, 0.1) is 6.20 Å². The zero-order valence-corrected chi connectivity index (χ0v) is 11.6. The number of hydrogen-bond acceptors (Lipinski definition) is 2. The molecule has 1 N–H and O–H groups in total. The van der Waals surface area contributed by atoms with Crippen LogP contribution in [-0.2, 0) is 13.6 Å². The first-order valence-electron chi connectivity index (χ1n) is 5.61. The summed E-state index contributed by atoms with van der Waals surface area (Å²) in [5.41, 5.74) is 2.48. The summed E-state index contributed by atoms with van der Waals surface area (Å²) >= 11 is 3.49. The molecule has 0 bridgehead atoms. The quantitative estimate of drug-likeness (QED) is 0.939. The number of halogens is 1. The summed E-state index contributed by atoms with van der Waals surface area (Å²) in [6.45, 7) is 3.00. The minimum absolute atomic E-state index is 0.327. The van der Waals surface area contributed by atoms with Gasteiger partial charge in [-0.3, -0.25) is 4.68 Å². The second-order valence-corrected chi connectivity index (χ2v) is 5.10. The lowest BCUT2D eigenvalue weighted by molar-refractivity contribution is 0.574. The molecule has 0 amide bonds. The molecule has 3 nitrogen and oxygen atoms in total. The highest BCUT2D eigenvalue weighted by atomic mass is 79.9. The lowest BCUT2D eigenvalue weighted by atomic mass is 10.1. The van der Waals surface area contributed by atoms with Crippen molar-refractivity contribution < 1.29 is 0 Å².